The fraction of sp³-hybridized carbons (Fsp3) is 0.150. The van der Waals surface area contributed by atoms with Crippen molar-refractivity contribution in [3.63, 3.8) is 0 Å². The van der Waals surface area contributed by atoms with E-state index >= 15 is 0 Å². The monoisotopic (exact) mass is 447 g/mol. The number of nitriles is 1. The summed E-state index contributed by atoms with van der Waals surface area (Å²) in [5.41, 5.74) is 0.000395. The molecule has 2 rings (SSSR count). The third-order valence-electron chi connectivity index (χ3n) is 3.47. The van der Waals surface area contributed by atoms with Crippen molar-refractivity contribution in [1.29, 1.82) is 5.26 Å². The van der Waals surface area contributed by atoms with Crippen molar-refractivity contribution in [2.75, 3.05) is 13.7 Å². The first-order valence-electron chi connectivity index (χ1n) is 8.04. The Balaban J connectivity index is 2.39. The van der Waals surface area contributed by atoms with Crippen LogP contribution in [0.1, 0.15) is 22.8 Å². The van der Waals surface area contributed by atoms with Gasteiger partial charge >= 0.3 is 11.9 Å². The van der Waals surface area contributed by atoms with Gasteiger partial charge in [-0.2, -0.15) is 5.26 Å². The second-order valence-corrected chi connectivity index (χ2v) is 6.15. The summed E-state index contributed by atoms with van der Waals surface area (Å²) >= 11 is 3.26. The lowest BCUT2D eigenvalue weighted by molar-refractivity contribution is -0.137. The number of hydrogen-bond donors (Lipinski definition) is 0. The Kier molecular flexibility index (Phi) is 7.29. The molecule has 28 heavy (non-hydrogen) atoms. The largest absolute Gasteiger partial charge is 0.493 e. The molecule has 0 spiro atoms. The molecule has 0 bridgehead atoms. The average Bonchev–Trinajstić information content (AvgIpc) is 2.68. The summed E-state index contributed by atoms with van der Waals surface area (Å²) in [6.07, 6.45) is 1.31. The van der Waals surface area contributed by atoms with E-state index < -0.39 is 17.8 Å². The summed E-state index contributed by atoms with van der Waals surface area (Å²) in [7, 11) is 1.35. The SMILES string of the molecule is CCOC(=O)/C(C#N)=C/c1cc(Br)c(OC(=O)c2ccccc2F)c(OC)c1. The number of carbonyl (C=O) groups is 2. The standard InChI is InChI=1S/C20H15BrFNO5/c1-3-27-19(24)13(11-23)8-12-9-15(21)18(17(10-12)26-2)28-20(25)14-6-4-5-7-16(14)22/h4-10H,3H2,1-2H3/b13-8+. The maximum Gasteiger partial charge on any atom is 0.348 e. The average molecular weight is 448 g/mol. The normalized spacial score (nSPS) is 10.8. The van der Waals surface area contributed by atoms with Gasteiger partial charge in [-0.15, -0.1) is 0 Å². The minimum atomic E-state index is -0.898. The first-order chi connectivity index (χ1) is 13.4. The fourth-order valence-electron chi connectivity index (χ4n) is 2.21. The van der Waals surface area contributed by atoms with E-state index in [0.29, 0.717) is 10.0 Å². The summed E-state index contributed by atoms with van der Waals surface area (Å²) in [6.45, 7) is 1.76. The molecule has 0 N–H and O–H groups in total. The topological polar surface area (TPSA) is 85.6 Å². The van der Waals surface area contributed by atoms with Gasteiger partial charge in [0.15, 0.2) is 11.5 Å². The Bertz CT molecular complexity index is 981. The molecule has 0 radical (unpaired) electrons. The van der Waals surface area contributed by atoms with Gasteiger partial charge in [0.05, 0.1) is 23.8 Å². The molecule has 0 atom stereocenters. The number of carbonyl (C=O) groups excluding carboxylic acids is 2. The van der Waals surface area contributed by atoms with E-state index in [9.17, 15) is 14.0 Å². The Morgan fingerprint density at radius 3 is 2.61 bits per heavy atom. The minimum Gasteiger partial charge on any atom is -0.493 e. The van der Waals surface area contributed by atoms with Crippen LogP contribution in [0, 0.1) is 17.1 Å². The van der Waals surface area contributed by atoms with E-state index in [1.54, 1.807) is 13.0 Å². The van der Waals surface area contributed by atoms with Crippen molar-refractivity contribution in [2.24, 2.45) is 0 Å². The highest BCUT2D eigenvalue weighted by molar-refractivity contribution is 9.10. The van der Waals surface area contributed by atoms with Crippen LogP contribution in [0.15, 0.2) is 46.4 Å². The van der Waals surface area contributed by atoms with E-state index in [2.05, 4.69) is 15.9 Å². The fourth-order valence-corrected chi connectivity index (χ4v) is 2.75. The number of methoxy groups -OCH3 is 1. The van der Waals surface area contributed by atoms with Crippen LogP contribution < -0.4 is 9.47 Å². The predicted octanol–water partition coefficient (Wildman–Crippen LogP) is 4.29. The third kappa shape index (κ3) is 4.96. The van der Waals surface area contributed by atoms with Crippen LogP contribution in [0.3, 0.4) is 0 Å². The molecule has 0 fully saturated rings. The number of hydrogen-bond acceptors (Lipinski definition) is 6. The van der Waals surface area contributed by atoms with Crippen molar-refractivity contribution in [2.45, 2.75) is 6.92 Å². The maximum atomic E-state index is 13.8. The van der Waals surface area contributed by atoms with Crippen LogP contribution in [0.2, 0.25) is 0 Å². The van der Waals surface area contributed by atoms with Crippen LogP contribution in [0.25, 0.3) is 6.08 Å². The summed E-state index contributed by atoms with van der Waals surface area (Å²) in [5, 5.41) is 9.14. The Morgan fingerprint density at radius 1 is 1.29 bits per heavy atom. The zero-order chi connectivity index (χ0) is 20.7. The van der Waals surface area contributed by atoms with Crippen molar-refractivity contribution in [1.82, 2.24) is 0 Å². The zero-order valence-electron chi connectivity index (χ0n) is 15.0. The smallest absolute Gasteiger partial charge is 0.348 e. The van der Waals surface area contributed by atoms with Gasteiger partial charge in [0.2, 0.25) is 0 Å². The van der Waals surface area contributed by atoms with Gasteiger partial charge in [0.1, 0.15) is 17.5 Å². The molecule has 0 aromatic heterocycles. The summed E-state index contributed by atoms with van der Waals surface area (Å²) < 4.78 is 29.4. The highest BCUT2D eigenvalue weighted by atomic mass is 79.9. The molecular weight excluding hydrogens is 433 g/mol. The molecule has 0 heterocycles. The molecule has 0 saturated carbocycles. The number of nitrogens with zero attached hydrogens (tertiary/aromatic N) is 1. The summed E-state index contributed by atoms with van der Waals surface area (Å²) in [4.78, 5) is 24.0. The second kappa shape index (κ2) is 9.67. The van der Waals surface area contributed by atoms with Gasteiger partial charge in [-0.25, -0.2) is 14.0 Å². The van der Waals surface area contributed by atoms with Gasteiger partial charge in [-0.05, 0) is 58.8 Å². The molecular formula is C20H15BrFNO5. The lowest BCUT2D eigenvalue weighted by Crippen LogP contribution is -2.11. The molecule has 0 aliphatic rings. The van der Waals surface area contributed by atoms with E-state index in [-0.39, 0.29) is 29.2 Å². The van der Waals surface area contributed by atoms with E-state index in [4.69, 9.17) is 19.5 Å². The maximum absolute atomic E-state index is 13.8. The molecule has 0 amide bonds. The molecule has 8 heteroatoms. The van der Waals surface area contributed by atoms with E-state index in [0.717, 1.165) is 6.07 Å². The first kappa shape index (κ1) is 21.1. The summed E-state index contributed by atoms with van der Waals surface area (Å²) in [5.74, 6) is -2.19. The molecule has 0 saturated heterocycles. The Hall–Kier alpha value is -3.18. The molecule has 0 unspecified atom stereocenters. The molecule has 2 aromatic rings. The first-order valence-corrected chi connectivity index (χ1v) is 8.83. The number of esters is 2. The van der Waals surface area contributed by atoms with Crippen molar-refractivity contribution < 1.29 is 28.2 Å². The zero-order valence-corrected chi connectivity index (χ0v) is 16.6. The molecule has 144 valence electrons. The number of benzene rings is 2. The van der Waals surface area contributed by atoms with E-state index in [1.807, 2.05) is 0 Å². The molecule has 0 aliphatic heterocycles. The predicted molar refractivity (Wildman–Crippen MR) is 102 cm³/mol. The van der Waals surface area contributed by atoms with E-state index in [1.165, 1.54) is 43.5 Å². The Labute approximate surface area is 169 Å². The van der Waals surface area contributed by atoms with Crippen molar-refractivity contribution in [3.8, 4) is 17.6 Å². The number of halogens is 2. The third-order valence-corrected chi connectivity index (χ3v) is 4.06. The van der Waals surface area contributed by atoms with Crippen molar-refractivity contribution >= 4 is 33.9 Å². The van der Waals surface area contributed by atoms with Gasteiger partial charge in [-0.3, -0.25) is 0 Å². The minimum absolute atomic E-state index is 0.0301. The van der Waals surface area contributed by atoms with Crippen LogP contribution in [0.5, 0.6) is 11.5 Å². The molecule has 0 aliphatic carbocycles. The molecule has 2 aromatic carbocycles. The lowest BCUT2D eigenvalue weighted by atomic mass is 10.1. The van der Waals surface area contributed by atoms with Crippen LogP contribution in [0.4, 0.5) is 4.39 Å². The van der Waals surface area contributed by atoms with Crippen LogP contribution in [-0.4, -0.2) is 25.7 Å². The highest BCUT2D eigenvalue weighted by Crippen LogP contribution is 2.38. The highest BCUT2D eigenvalue weighted by Gasteiger charge is 2.19. The summed E-state index contributed by atoms with van der Waals surface area (Å²) in [6, 6.07) is 10.2. The quantitative estimate of drug-likeness (QED) is 0.284. The van der Waals surface area contributed by atoms with Gasteiger partial charge in [0, 0.05) is 0 Å². The van der Waals surface area contributed by atoms with Crippen molar-refractivity contribution in [3.05, 3.63) is 63.4 Å². The van der Waals surface area contributed by atoms with Gasteiger partial charge in [-0.1, -0.05) is 12.1 Å². The van der Waals surface area contributed by atoms with Crippen LogP contribution in [-0.2, 0) is 9.53 Å². The van der Waals surface area contributed by atoms with Crippen LogP contribution >= 0.6 is 15.9 Å². The van der Waals surface area contributed by atoms with Gasteiger partial charge < -0.3 is 14.2 Å². The number of rotatable bonds is 6. The number of ether oxygens (including phenoxy) is 3. The lowest BCUT2D eigenvalue weighted by Gasteiger charge is -2.12. The second-order valence-electron chi connectivity index (χ2n) is 5.29. The van der Waals surface area contributed by atoms with Gasteiger partial charge in [0.25, 0.3) is 0 Å². The Morgan fingerprint density at radius 2 is 2.00 bits per heavy atom. The molecule has 6 nitrogen and oxygen atoms in total.